The number of hydrogen-bond acceptors (Lipinski definition) is 3. The molecule has 0 spiro atoms. The van der Waals surface area contributed by atoms with Gasteiger partial charge in [-0.15, -0.1) is 0 Å². The Kier molecular flexibility index (Phi) is 17.1. The van der Waals surface area contributed by atoms with Gasteiger partial charge in [0.1, 0.15) is 0 Å². The molecule has 0 bridgehead atoms. The van der Waals surface area contributed by atoms with Crippen LogP contribution < -0.4 is 51.4 Å². The first-order valence-corrected chi connectivity index (χ1v) is 8.21. The fourth-order valence-electron chi connectivity index (χ4n) is 1.81. The van der Waals surface area contributed by atoms with Gasteiger partial charge in [-0.1, -0.05) is 44.9 Å². The molecular formula is C12H23F2KO3S. The van der Waals surface area contributed by atoms with Gasteiger partial charge in [-0.3, -0.25) is 0 Å². The van der Waals surface area contributed by atoms with Gasteiger partial charge < -0.3 is 4.55 Å². The molecule has 110 valence electrons. The molecule has 3 nitrogen and oxygen atoms in total. The number of unbranched alkanes of at least 4 members (excludes halogenated alkanes) is 8. The second-order valence-electron chi connectivity index (χ2n) is 4.62. The van der Waals surface area contributed by atoms with Crippen molar-refractivity contribution >= 4 is 10.1 Å². The molecule has 0 heterocycles. The topological polar surface area (TPSA) is 57.2 Å². The molecular weight excluding hydrogens is 301 g/mol. The minimum absolute atomic E-state index is 0. The molecule has 0 radical (unpaired) electrons. The van der Waals surface area contributed by atoms with Crippen LogP contribution in [0.1, 0.15) is 64.2 Å². The molecule has 0 unspecified atom stereocenters. The monoisotopic (exact) mass is 324 g/mol. The van der Waals surface area contributed by atoms with Crippen molar-refractivity contribution < 1.29 is 73.1 Å². The summed E-state index contributed by atoms with van der Waals surface area (Å²) in [6, 6.07) is 0. The summed E-state index contributed by atoms with van der Waals surface area (Å²) in [5.74, 6) is -0.263. The molecule has 0 saturated carbocycles. The summed E-state index contributed by atoms with van der Waals surface area (Å²) in [6.07, 6.45) is 5.54. The summed E-state index contributed by atoms with van der Waals surface area (Å²) in [5.41, 5.74) is 0. The van der Waals surface area contributed by atoms with Gasteiger partial charge in [-0.25, -0.2) is 17.2 Å². The third kappa shape index (κ3) is 21.8. The van der Waals surface area contributed by atoms with Crippen molar-refractivity contribution in [3.05, 3.63) is 0 Å². The van der Waals surface area contributed by atoms with E-state index >= 15 is 0 Å². The Balaban J connectivity index is 0. The first-order chi connectivity index (χ1) is 8.42. The maximum absolute atomic E-state index is 11.8. The molecule has 0 aromatic heterocycles. The predicted molar refractivity (Wildman–Crippen MR) is 66.7 cm³/mol. The molecule has 0 aliphatic carbocycles. The number of halogens is 2. The zero-order valence-corrected chi connectivity index (χ0v) is 15.7. The second-order valence-corrected chi connectivity index (χ2v) is 6.15. The molecule has 0 atom stereocenters. The Hall–Kier alpha value is 1.41. The normalized spacial score (nSPS) is 11.6. The van der Waals surface area contributed by atoms with Crippen molar-refractivity contribution in [3.63, 3.8) is 0 Å². The molecule has 7 heteroatoms. The number of alkyl halides is 2. The van der Waals surface area contributed by atoms with Crippen LogP contribution >= 0.6 is 0 Å². The van der Waals surface area contributed by atoms with Gasteiger partial charge in [0.25, 0.3) is 0 Å². The van der Waals surface area contributed by atoms with E-state index < -0.39 is 16.5 Å². The van der Waals surface area contributed by atoms with Gasteiger partial charge in [0.05, 0.1) is 10.1 Å². The van der Waals surface area contributed by atoms with Gasteiger partial charge in [-0.2, -0.15) is 0 Å². The first-order valence-electron chi connectivity index (χ1n) is 6.63. The SMILES string of the molecule is O=S(=O)([O-])CCCCCCCCCCCC(F)F.[K+]. The van der Waals surface area contributed by atoms with Crippen molar-refractivity contribution in [1.29, 1.82) is 0 Å². The van der Waals surface area contributed by atoms with E-state index in [1.54, 1.807) is 0 Å². The fourth-order valence-corrected chi connectivity index (χ4v) is 2.37. The van der Waals surface area contributed by atoms with Gasteiger partial charge in [0, 0.05) is 12.2 Å². The van der Waals surface area contributed by atoms with Crippen LogP contribution in [0.5, 0.6) is 0 Å². The summed E-state index contributed by atoms with van der Waals surface area (Å²) in [6.45, 7) is 0. The van der Waals surface area contributed by atoms with E-state index in [9.17, 15) is 21.8 Å². The van der Waals surface area contributed by atoms with E-state index in [0.29, 0.717) is 12.8 Å². The average molecular weight is 324 g/mol. The van der Waals surface area contributed by atoms with Crippen molar-refractivity contribution in [1.82, 2.24) is 0 Å². The Labute approximate surface area is 158 Å². The molecule has 0 aromatic carbocycles. The summed E-state index contributed by atoms with van der Waals surface area (Å²) >= 11 is 0. The summed E-state index contributed by atoms with van der Waals surface area (Å²) < 4.78 is 54.5. The van der Waals surface area contributed by atoms with Crippen molar-refractivity contribution in [3.8, 4) is 0 Å². The van der Waals surface area contributed by atoms with Crippen molar-refractivity contribution in [2.24, 2.45) is 0 Å². The molecule has 0 N–H and O–H groups in total. The second kappa shape index (κ2) is 14.3. The number of rotatable bonds is 12. The maximum atomic E-state index is 11.8. The molecule has 19 heavy (non-hydrogen) atoms. The average Bonchev–Trinajstić information content (AvgIpc) is 2.24. The third-order valence-corrected chi connectivity index (χ3v) is 3.61. The summed E-state index contributed by atoms with van der Waals surface area (Å²) in [4.78, 5) is 0. The molecule has 0 amide bonds. The smallest absolute Gasteiger partial charge is 0.748 e. The number of hydrogen-bond donors (Lipinski definition) is 0. The maximum Gasteiger partial charge on any atom is 1.00 e. The molecule has 0 aliphatic rings. The zero-order valence-electron chi connectivity index (χ0n) is 11.7. The standard InChI is InChI=1S/C12H24F2O3S.K/c13-12(14)10-8-6-4-2-1-3-5-7-9-11-18(15,16)17;/h12H,1-11H2,(H,15,16,17);/q;+1/p-1. The quantitative estimate of drug-likeness (QED) is 0.302. The van der Waals surface area contributed by atoms with Crippen LogP contribution in [0.25, 0.3) is 0 Å². The van der Waals surface area contributed by atoms with Crippen LogP contribution in [0, 0.1) is 0 Å². The Morgan fingerprint density at radius 3 is 1.53 bits per heavy atom. The van der Waals surface area contributed by atoms with E-state index in [1.165, 1.54) is 0 Å². The molecule has 0 rings (SSSR count). The minimum Gasteiger partial charge on any atom is -0.748 e. The van der Waals surface area contributed by atoms with Crippen LogP contribution in [-0.4, -0.2) is 25.1 Å². The summed E-state index contributed by atoms with van der Waals surface area (Å²) in [5, 5.41) is 0. The molecule has 0 saturated heterocycles. The minimum atomic E-state index is -4.05. The van der Waals surface area contributed by atoms with Gasteiger partial charge in [-0.05, 0) is 12.8 Å². The van der Waals surface area contributed by atoms with Gasteiger partial charge in [0.2, 0.25) is 6.43 Å². The Morgan fingerprint density at radius 1 is 0.789 bits per heavy atom. The summed E-state index contributed by atoms with van der Waals surface area (Å²) in [7, 11) is -4.05. The molecule has 0 aromatic rings. The van der Waals surface area contributed by atoms with Crippen molar-refractivity contribution in [2.75, 3.05) is 5.75 Å². The van der Waals surface area contributed by atoms with E-state index in [1.807, 2.05) is 0 Å². The largest absolute Gasteiger partial charge is 1.00 e. The van der Waals surface area contributed by atoms with Crippen LogP contribution in [0.15, 0.2) is 0 Å². The fraction of sp³-hybridized carbons (Fsp3) is 1.00. The van der Waals surface area contributed by atoms with Gasteiger partial charge in [0.15, 0.2) is 0 Å². The van der Waals surface area contributed by atoms with Crippen LogP contribution in [0.4, 0.5) is 8.78 Å². The van der Waals surface area contributed by atoms with Crippen LogP contribution in [0.3, 0.4) is 0 Å². The van der Waals surface area contributed by atoms with E-state index in [4.69, 9.17) is 0 Å². The van der Waals surface area contributed by atoms with Crippen molar-refractivity contribution in [2.45, 2.75) is 70.6 Å². The zero-order chi connectivity index (χ0) is 13.9. The van der Waals surface area contributed by atoms with E-state index in [-0.39, 0.29) is 63.6 Å². The van der Waals surface area contributed by atoms with Gasteiger partial charge >= 0.3 is 51.4 Å². The molecule has 0 aliphatic heterocycles. The Bertz CT molecular complexity index is 285. The Morgan fingerprint density at radius 2 is 1.16 bits per heavy atom. The predicted octanol–water partition coefficient (Wildman–Crippen LogP) is 0.702. The first kappa shape index (κ1) is 22.7. The molecule has 0 fully saturated rings. The third-order valence-electron chi connectivity index (χ3n) is 2.82. The van der Waals surface area contributed by atoms with E-state index in [0.717, 1.165) is 44.9 Å². The van der Waals surface area contributed by atoms with E-state index in [2.05, 4.69) is 0 Å². The van der Waals surface area contributed by atoms with Crippen LogP contribution in [-0.2, 0) is 10.1 Å². The van der Waals surface area contributed by atoms with Crippen LogP contribution in [0.2, 0.25) is 0 Å².